The summed E-state index contributed by atoms with van der Waals surface area (Å²) in [6, 6.07) is 7.47. The van der Waals surface area contributed by atoms with Crippen LogP contribution in [0.5, 0.6) is 0 Å². The summed E-state index contributed by atoms with van der Waals surface area (Å²) in [5, 5.41) is 5.46. The van der Waals surface area contributed by atoms with Gasteiger partial charge in [-0.25, -0.2) is 9.59 Å². The number of piperazine rings is 1. The maximum Gasteiger partial charge on any atom is 0.321 e. The molecule has 4 amide bonds. The van der Waals surface area contributed by atoms with E-state index in [0.717, 1.165) is 11.3 Å². The lowest BCUT2D eigenvalue weighted by atomic mass is 10.2. The Labute approximate surface area is 118 Å². The van der Waals surface area contributed by atoms with Crippen molar-refractivity contribution in [1.82, 2.24) is 15.1 Å². The number of rotatable bonds is 1. The van der Waals surface area contributed by atoms with Crippen LogP contribution in [0.25, 0.3) is 0 Å². The van der Waals surface area contributed by atoms with Gasteiger partial charge in [-0.3, -0.25) is 0 Å². The Morgan fingerprint density at radius 2 is 1.45 bits per heavy atom. The van der Waals surface area contributed by atoms with E-state index in [-0.39, 0.29) is 12.1 Å². The van der Waals surface area contributed by atoms with Gasteiger partial charge in [-0.05, 0) is 19.1 Å². The minimum atomic E-state index is -0.120. The number of hydrogen-bond acceptors (Lipinski definition) is 2. The number of carbonyl (C=O) groups is 2. The maximum atomic E-state index is 12.1. The van der Waals surface area contributed by atoms with Crippen LogP contribution >= 0.6 is 0 Å². The molecule has 0 radical (unpaired) electrons. The fraction of sp³-hybridized carbons (Fsp3) is 0.429. The van der Waals surface area contributed by atoms with Crippen LogP contribution in [0.15, 0.2) is 24.3 Å². The van der Waals surface area contributed by atoms with E-state index in [2.05, 4.69) is 10.6 Å². The van der Waals surface area contributed by atoms with Gasteiger partial charge in [0.2, 0.25) is 0 Å². The number of amides is 4. The molecule has 1 saturated heterocycles. The summed E-state index contributed by atoms with van der Waals surface area (Å²) < 4.78 is 0. The number of hydrogen-bond donors (Lipinski definition) is 2. The van der Waals surface area contributed by atoms with E-state index in [9.17, 15) is 9.59 Å². The lowest BCUT2D eigenvalue weighted by Gasteiger charge is -2.34. The van der Waals surface area contributed by atoms with Crippen LogP contribution in [0.3, 0.4) is 0 Å². The number of nitrogens with zero attached hydrogens (tertiary/aromatic N) is 2. The first-order valence-electron chi connectivity index (χ1n) is 6.69. The normalized spacial score (nSPS) is 14.9. The fourth-order valence-corrected chi connectivity index (χ4v) is 2.11. The Balaban J connectivity index is 1.85. The molecule has 1 aromatic carbocycles. The molecule has 1 heterocycles. The van der Waals surface area contributed by atoms with E-state index < -0.39 is 0 Å². The van der Waals surface area contributed by atoms with Crippen molar-refractivity contribution < 1.29 is 9.59 Å². The average Bonchev–Trinajstić information content (AvgIpc) is 2.49. The smallest absolute Gasteiger partial charge is 0.321 e. The van der Waals surface area contributed by atoms with Gasteiger partial charge in [0.05, 0.1) is 0 Å². The molecular formula is C14H20N4O2. The highest BCUT2D eigenvalue weighted by atomic mass is 16.2. The van der Waals surface area contributed by atoms with Crippen LogP contribution in [0.4, 0.5) is 15.3 Å². The molecule has 6 heteroatoms. The highest BCUT2D eigenvalue weighted by Gasteiger charge is 2.23. The second kappa shape index (κ2) is 6.27. The van der Waals surface area contributed by atoms with Gasteiger partial charge in [0.25, 0.3) is 0 Å². The molecule has 2 N–H and O–H groups in total. The van der Waals surface area contributed by atoms with Crippen molar-refractivity contribution in [3.05, 3.63) is 29.8 Å². The van der Waals surface area contributed by atoms with Crippen molar-refractivity contribution in [2.24, 2.45) is 0 Å². The Morgan fingerprint density at radius 3 is 1.95 bits per heavy atom. The lowest BCUT2D eigenvalue weighted by molar-refractivity contribution is 0.150. The topological polar surface area (TPSA) is 64.7 Å². The molecule has 108 valence electrons. The first-order chi connectivity index (χ1) is 9.60. The maximum absolute atomic E-state index is 12.1. The van der Waals surface area contributed by atoms with Gasteiger partial charge in [-0.15, -0.1) is 0 Å². The van der Waals surface area contributed by atoms with Crippen LogP contribution in [0, 0.1) is 6.92 Å². The summed E-state index contributed by atoms with van der Waals surface area (Å²) in [7, 11) is 1.61. The van der Waals surface area contributed by atoms with E-state index in [1.165, 1.54) is 0 Å². The van der Waals surface area contributed by atoms with Gasteiger partial charge in [-0.1, -0.05) is 17.7 Å². The van der Waals surface area contributed by atoms with Crippen LogP contribution in [0.2, 0.25) is 0 Å². The van der Waals surface area contributed by atoms with Gasteiger partial charge in [0.15, 0.2) is 0 Å². The predicted octanol–water partition coefficient (Wildman–Crippen LogP) is 1.48. The molecule has 0 aliphatic carbocycles. The Bertz CT molecular complexity index is 478. The molecule has 1 aliphatic heterocycles. The summed E-state index contributed by atoms with van der Waals surface area (Å²) in [6.45, 7) is 4.21. The van der Waals surface area contributed by atoms with Crippen LogP contribution in [-0.2, 0) is 0 Å². The van der Waals surface area contributed by atoms with Crippen LogP contribution in [-0.4, -0.2) is 55.1 Å². The average molecular weight is 276 g/mol. The molecule has 0 unspecified atom stereocenters. The van der Waals surface area contributed by atoms with E-state index >= 15 is 0 Å². The highest BCUT2D eigenvalue weighted by molar-refractivity contribution is 5.89. The minimum Gasteiger partial charge on any atom is -0.341 e. The van der Waals surface area contributed by atoms with Gasteiger partial charge in [-0.2, -0.15) is 0 Å². The summed E-state index contributed by atoms with van der Waals surface area (Å²) in [4.78, 5) is 27.0. The summed E-state index contributed by atoms with van der Waals surface area (Å²) in [5.74, 6) is 0. The first-order valence-corrected chi connectivity index (χ1v) is 6.69. The highest BCUT2D eigenvalue weighted by Crippen LogP contribution is 2.10. The SMILES string of the molecule is CNC(=O)N1CCN(C(=O)Nc2ccc(C)cc2)CC1. The number of nitrogens with one attached hydrogen (secondary N) is 2. The summed E-state index contributed by atoms with van der Waals surface area (Å²) in [5.41, 5.74) is 1.94. The molecular weight excluding hydrogens is 256 g/mol. The third-order valence-electron chi connectivity index (χ3n) is 3.37. The van der Waals surface area contributed by atoms with Crippen molar-refractivity contribution in [3.8, 4) is 0 Å². The summed E-state index contributed by atoms with van der Waals surface area (Å²) >= 11 is 0. The number of anilines is 1. The second-order valence-corrected chi connectivity index (χ2v) is 4.83. The standard InChI is InChI=1S/C14H20N4O2/c1-11-3-5-12(6-4-11)16-14(20)18-9-7-17(8-10-18)13(19)15-2/h3-6H,7-10H2,1-2H3,(H,15,19)(H,16,20). The summed E-state index contributed by atoms with van der Waals surface area (Å²) in [6.07, 6.45) is 0. The van der Waals surface area contributed by atoms with E-state index in [1.807, 2.05) is 31.2 Å². The molecule has 1 aliphatic rings. The number of carbonyl (C=O) groups excluding carboxylic acids is 2. The monoisotopic (exact) mass is 276 g/mol. The lowest BCUT2D eigenvalue weighted by Crippen LogP contribution is -2.53. The molecule has 2 rings (SSSR count). The van der Waals surface area contributed by atoms with Gasteiger partial charge in [0.1, 0.15) is 0 Å². The number of benzene rings is 1. The fourth-order valence-electron chi connectivity index (χ4n) is 2.11. The van der Waals surface area contributed by atoms with E-state index in [4.69, 9.17) is 0 Å². The molecule has 6 nitrogen and oxygen atoms in total. The van der Waals surface area contributed by atoms with Gasteiger partial charge >= 0.3 is 12.1 Å². The quantitative estimate of drug-likeness (QED) is 0.816. The molecule has 0 saturated carbocycles. The van der Waals surface area contributed by atoms with Crippen molar-refractivity contribution in [2.75, 3.05) is 38.5 Å². The molecule has 0 aromatic heterocycles. The van der Waals surface area contributed by atoms with Crippen molar-refractivity contribution in [1.29, 1.82) is 0 Å². The molecule has 1 aromatic rings. The Morgan fingerprint density at radius 1 is 0.950 bits per heavy atom. The first kappa shape index (κ1) is 14.2. The largest absolute Gasteiger partial charge is 0.341 e. The zero-order valence-electron chi connectivity index (χ0n) is 11.8. The molecule has 0 bridgehead atoms. The van der Waals surface area contributed by atoms with Crippen molar-refractivity contribution in [2.45, 2.75) is 6.92 Å². The molecule has 0 spiro atoms. The van der Waals surface area contributed by atoms with Crippen molar-refractivity contribution in [3.63, 3.8) is 0 Å². The third-order valence-corrected chi connectivity index (χ3v) is 3.37. The van der Waals surface area contributed by atoms with E-state index in [0.29, 0.717) is 26.2 Å². The van der Waals surface area contributed by atoms with Crippen LogP contribution < -0.4 is 10.6 Å². The molecule has 20 heavy (non-hydrogen) atoms. The number of aryl methyl sites for hydroxylation is 1. The van der Waals surface area contributed by atoms with E-state index in [1.54, 1.807) is 16.8 Å². The molecule has 1 fully saturated rings. The Hall–Kier alpha value is -2.24. The zero-order chi connectivity index (χ0) is 14.5. The van der Waals surface area contributed by atoms with Gasteiger partial charge < -0.3 is 20.4 Å². The van der Waals surface area contributed by atoms with Gasteiger partial charge in [0, 0.05) is 38.9 Å². The Kier molecular flexibility index (Phi) is 4.45. The van der Waals surface area contributed by atoms with Crippen molar-refractivity contribution >= 4 is 17.7 Å². The minimum absolute atomic E-state index is 0.0939. The second-order valence-electron chi connectivity index (χ2n) is 4.83. The zero-order valence-corrected chi connectivity index (χ0v) is 11.8. The molecule has 0 atom stereocenters. The van der Waals surface area contributed by atoms with Crippen LogP contribution in [0.1, 0.15) is 5.56 Å². The third kappa shape index (κ3) is 3.40. The predicted molar refractivity (Wildman–Crippen MR) is 77.8 cm³/mol. The number of urea groups is 2.